The van der Waals surface area contributed by atoms with Gasteiger partial charge >= 0.3 is 150 Å². The van der Waals surface area contributed by atoms with Crippen LogP contribution in [0.4, 0.5) is 0 Å². The minimum absolute atomic E-state index is 0.416. The van der Waals surface area contributed by atoms with E-state index in [-0.39, 0.29) is 0 Å². The Kier molecular flexibility index (Phi) is 3.55. The number of fused-ring (bicyclic) bond motifs is 4. The zero-order valence-corrected chi connectivity index (χ0v) is 16.9. The molecule has 0 radical (unpaired) electrons. The van der Waals surface area contributed by atoms with Crippen LogP contribution in [0.25, 0.3) is 43.8 Å². The van der Waals surface area contributed by atoms with Crippen molar-refractivity contribution in [1.82, 2.24) is 0 Å². The molecular formula is C25H18IO-. The van der Waals surface area contributed by atoms with Crippen molar-refractivity contribution in [3.8, 4) is 11.1 Å². The van der Waals surface area contributed by atoms with Crippen LogP contribution in [0.2, 0.25) is 0 Å². The van der Waals surface area contributed by atoms with E-state index < -0.39 is 0 Å². The Labute approximate surface area is 168 Å². The predicted octanol–water partition coefficient (Wildman–Crippen LogP) is 3.94. The van der Waals surface area contributed by atoms with Crippen molar-refractivity contribution in [3.05, 3.63) is 84.4 Å². The Morgan fingerprint density at radius 3 is 2.15 bits per heavy atom. The summed E-state index contributed by atoms with van der Waals surface area (Å²) in [7, 11) is 0. The summed E-state index contributed by atoms with van der Waals surface area (Å²) in [5.41, 5.74) is 6.01. The zero-order chi connectivity index (χ0) is 17.8. The monoisotopic (exact) mass is 461 g/mol. The summed E-state index contributed by atoms with van der Waals surface area (Å²) >= 11 is 0.416. The minimum atomic E-state index is 0.416. The molecule has 6 rings (SSSR count). The first-order chi connectivity index (χ1) is 13.3. The zero-order valence-electron chi connectivity index (χ0n) is 14.8. The molecule has 0 N–H and O–H groups in total. The average Bonchev–Trinajstić information content (AvgIpc) is 3.02. The molecule has 1 aliphatic rings. The fourth-order valence-corrected chi connectivity index (χ4v) is 6.17. The number of benzene rings is 4. The molecule has 1 atom stereocenters. The van der Waals surface area contributed by atoms with Crippen molar-refractivity contribution in [2.24, 2.45) is 0 Å². The van der Waals surface area contributed by atoms with Gasteiger partial charge in [0.25, 0.3) is 0 Å². The summed E-state index contributed by atoms with van der Waals surface area (Å²) in [6.45, 7) is 0. The number of halogens is 1. The summed E-state index contributed by atoms with van der Waals surface area (Å²) < 4.78 is 8.51. The molecule has 27 heavy (non-hydrogen) atoms. The normalized spacial score (nSPS) is 17.1. The second-order valence-electron chi connectivity index (χ2n) is 7.23. The molecule has 1 fully saturated rings. The van der Waals surface area contributed by atoms with E-state index in [0.29, 0.717) is 21.2 Å². The van der Waals surface area contributed by atoms with Crippen molar-refractivity contribution in [3.63, 3.8) is 0 Å². The van der Waals surface area contributed by atoms with Gasteiger partial charge in [0.2, 0.25) is 0 Å². The summed E-state index contributed by atoms with van der Waals surface area (Å²) in [6, 6.07) is 28.7. The maximum atomic E-state index is 6.13. The molecule has 0 bridgehead atoms. The SMILES string of the molecule is c1ccc2cc3c(cc2c1)oc1ccc(-c2ccc(C4CC[I-]4)cc2)cc13. The Balaban J connectivity index is 1.49. The standard InChI is InChI=1S/C25H18IO/c1-2-4-19-15-25-22(13-18(19)3-1)21-14-20(9-10-24(21)27-25)16-5-7-17(8-6-16)23-11-12-26-23/h1-10,13-15,23H,11-12H2/q-1. The average molecular weight is 461 g/mol. The Bertz CT molecular complexity index is 1290. The number of hydrogen-bond acceptors (Lipinski definition) is 1. The molecule has 0 amide bonds. The van der Waals surface area contributed by atoms with Gasteiger partial charge in [-0.25, -0.2) is 0 Å². The van der Waals surface area contributed by atoms with Gasteiger partial charge in [0.1, 0.15) is 0 Å². The molecule has 1 unspecified atom stereocenters. The summed E-state index contributed by atoms with van der Waals surface area (Å²) in [5, 5.41) is 4.87. The first kappa shape index (κ1) is 15.7. The Morgan fingerprint density at radius 1 is 0.704 bits per heavy atom. The fourth-order valence-electron chi connectivity index (χ4n) is 4.00. The van der Waals surface area contributed by atoms with E-state index in [0.717, 1.165) is 15.1 Å². The van der Waals surface area contributed by atoms with Gasteiger partial charge in [-0.15, -0.1) is 0 Å². The summed E-state index contributed by atoms with van der Waals surface area (Å²) in [4.78, 5) is 0. The van der Waals surface area contributed by atoms with Crippen molar-refractivity contribution < 1.29 is 25.6 Å². The van der Waals surface area contributed by atoms with Crippen LogP contribution in [0.3, 0.4) is 0 Å². The molecule has 2 heterocycles. The van der Waals surface area contributed by atoms with Gasteiger partial charge in [-0.3, -0.25) is 0 Å². The van der Waals surface area contributed by atoms with Gasteiger partial charge < -0.3 is 0 Å². The van der Waals surface area contributed by atoms with Crippen LogP contribution < -0.4 is 21.2 Å². The first-order valence-electron chi connectivity index (χ1n) is 9.38. The molecular weight excluding hydrogens is 443 g/mol. The van der Waals surface area contributed by atoms with Gasteiger partial charge in [0.15, 0.2) is 0 Å². The summed E-state index contributed by atoms with van der Waals surface area (Å²) in [6.07, 6.45) is 1.40. The van der Waals surface area contributed by atoms with Crippen LogP contribution in [-0.2, 0) is 0 Å². The fraction of sp³-hybridized carbons (Fsp3) is 0.120. The topological polar surface area (TPSA) is 13.1 Å². The van der Waals surface area contributed by atoms with Crippen molar-refractivity contribution >= 4 is 32.7 Å². The summed E-state index contributed by atoms with van der Waals surface area (Å²) in [5.74, 6) is 0. The van der Waals surface area contributed by atoms with Crippen LogP contribution in [0, 0.1) is 0 Å². The first-order valence-corrected chi connectivity index (χ1v) is 12.2. The third-order valence-corrected chi connectivity index (χ3v) is 9.25. The molecule has 1 nitrogen and oxygen atoms in total. The number of rotatable bonds is 2. The van der Waals surface area contributed by atoms with Crippen molar-refractivity contribution in [1.29, 1.82) is 0 Å². The Hall–Kier alpha value is -2.33. The second-order valence-corrected chi connectivity index (χ2v) is 10.7. The molecule has 1 aliphatic heterocycles. The predicted molar refractivity (Wildman–Crippen MR) is 109 cm³/mol. The van der Waals surface area contributed by atoms with Crippen LogP contribution in [0.15, 0.2) is 83.3 Å². The van der Waals surface area contributed by atoms with Gasteiger partial charge in [0, 0.05) is 0 Å². The second kappa shape index (κ2) is 6.10. The molecule has 132 valence electrons. The van der Waals surface area contributed by atoms with Crippen molar-refractivity contribution in [2.45, 2.75) is 10.3 Å². The van der Waals surface area contributed by atoms with E-state index in [9.17, 15) is 0 Å². The van der Waals surface area contributed by atoms with E-state index in [1.54, 1.807) is 5.56 Å². The maximum absolute atomic E-state index is 6.13. The van der Waals surface area contributed by atoms with E-state index in [4.69, 9.17) is 4.42 Å². The van der Waals surface area contributed by atoms with Crippen LogP contribution in [0.1, 0.15) is 15.9 Å². The molecule has 0 saturated carbocycles. The number of alkyl halides is 2. The molecule has 0 aliphatic carbocycles. The van der Waals surface area contributed by atoms with E-state index in [1.807, 2.05) is 0 Å². The number of hydrogen-bond donors (Lipinski definition) is 0. The van der Waals surface area contributed by atoms with E-state index in [2.05, 4.69) is 78.9 Å². The van der Waals surface area contributed by atoms with Crippen LogP contribution in [-0.4, -0.2) is 4.43 Å². The van der Waals surface area contributed by atoms with Gasteiger partial charge in [-0.05, 0) is 0 Å². The van der Waals surface area contributed by atoms with Gasteiger partial charge in [-0.1, -0.05) is 18.2 Å². The Morgan fingerprint density at radius 2 is 1.41 bits per heavy atom. The van der Waals surface area contributed by atoms with E-state index in [1.165, 1.54) is 43.5 Å². The molecule has 4 aromatic carbocycles. The number of furan rings is 1. The van der Waals surface area contributed by atoms with Gasteiger partial charge in [0.05, 0.1) is 0 Å². The molecule has 1 saturated heterocycles. The van der Waals surface area contributed by atoms with Crippen LogP contribution in [0.5, 0.6) is 0 Å². The van der Waals surface area contributed by atoms with E-state index >= 15 is 0 Å². The molecule has 5 aromatic rings. The molecule has 1 aromatic heterocycles. The molecule has 0 spiro atoms. The quantitative estimate of drug-likeness (QED) is 0.287. The third kappa shape index (κ3) is 2.58. The third-order valence-electron chi connectivity index (χ3n) is 5.60. The van der Waals surface area contributed by atoms with Crippen LogP contribution >= 0.6 is 0 Å². The van der Waals surface area contributed by atoms with Gasteiger partial charge in [-0.2, -0.15) is 0 Å². The molecule has 2 heteroatoms. The van der Waals surface area contributed by atoms with Crippen molar-refractivity contribution in [2.75, 3.05) is 4.43 Å².